The quantitative estimate of drug-likeness (QED) is 0.689. The van der Waals surface area contributed by atoms with Crippen LogP contribution in [0.15, 0.2) is 54.6 Å². The van der Waals surface area contributed by atoms with Crippen LogP contribution >= 0.6 is 0 Å². The van der Waals surface area contributed by atoms with Crippen LogP contribution in [0.4, 0.5) is 5.69 Å². The van der Waals surface area contributed by atoms with Gasteiger partial charge in [0.25, 0.3) is 0 Å². The van der Waals surface area contributed by atoms with Gasteiger partial charge < -0.3 is 15.7 Å². The van der Waals surface area contributed by atoms with Crippen molar-refractivity contribution in [2.45, 2.75) is 33.2 Å². The molecule has 2 aromatic carbocycles. The van der Waals surface area contributed by atoms with Crippen LogP contribution in [-0.2, 0) is 11.3 Å². The number of rotatable bonds is 8. The molecule has 134 valence electrons. The third-order valence-electron chi connectivity index (χ3n) is 4.54. The summed E-state index contributed by atoms with van der Waals surface area (Å²) in [5.74, 6) is 0.114. The molecule has 0 aliphatic heterocycles. The normalized spacial score (nSPS) is 12.6. The molecule has 0 bridgehead atoms. The summed E-state index contributed by atoms with van der Waals surface area (Å²) >= 11 is 0. The van der Waals surface area contributed by atoms with Crippen molar-refractivity contribution in [3.8, 4) is 0 Å². The lowest BCUT2D eigenvalue weighted by atomic mass is 9.75. The van der Waals surface area contributed by atoms with Crippen LogP contribution < -0.4 is 10.6 Å². The van der Waals surface area contributed by atoms with Gasteiger partial charge in [-0.05, 0) is 22.6 Å². The Hall–Kier alpha value is -2.17. The summed E-state index contributed by atoms with van der Waals surface area (Å²) in [6.45, 7) is 7.19. The van der Waals surface area contributed by atoms with Gasteiger partial charge in [-0.15, -0.1) is 0 Å². The van der Waals surface area contributed by atoms with Gasteiger partial charge in [-0.3, -0.25) is 4.79 Å². The van der Waals surface area contributed by atoms with Crippen molar-refractivity contribution in [1.29, 1.82) is 0 Å². The van der Waals surface area contributed by atoms with Gasteiger partial charge in [0.2, 0.25) is 5.91 Å². The molecular weight excluding hydrogens is 312 g/mol. The van der Waals surface area contributed by atoms with E-state index < -0.39 is 0 Å². The lowest BCUT2D eigenvalue weighted by molar-refractivity contribution is -0.114. The van der Waals surface area contributed by atoms with Crippen molar-refractivity contribution in [1.82, 2.24) is 5.32 Å². The molecule has 0 saturated carbocycles. The van der Waals surface area contributed by atoms with Gasteiger partial charge in [0.1, 0.15) is 0 Å². The zero-order valence-corrected chi connectivity index (χ0v) is 15.3. The maximum Gasteiger partial charge on any atom is 0.221 e. The summed E-state index contributed by atoms with van der Waals surface area (Å²) < 4.78 is 0. The lowest BCUT2D eigenvalue weighted by Gasteiger charge is -2.33. The second-order valence-corrected chi connectivity index (χ2v) is 7.08. The molecule has 0 aromatic heterocycles. The topological polar surface area (TPSA) is 61.4 Å². The fourth-order valence-corrected chi connectivity index (χ4v) is 2.98. The van der Waals surface area contributed by atoms with Gasteiger partial charge in [0.15, 0.2) is 0 Å². The van der Waals surface area contributed by atoms with E-state index in [9.17, 15) is 9.90 Å². The van der Waals surface area contributed by atoms with E-state index in [4.69, 9.17) is 0 Å². The van der Waals surface area contributed by atoms with Gasteiger partial charge in [0.05, 0.1) is 0 Å². The van der Waals surface area contributed by atoms with E-state index in [-0.39, 0.29) is 23.8 Å². The van der Waals surface area contributed by atoms with Crippen molar-refractivity contribution in [2.24, 2.45) is 5.41 Å². The van der Waals surface area contributed by atoms with Gasteiger partial charge in [-0.25, -0.2) is 0 Å². The smallest absolute Gasteiger partial charge is 0.221 e. The molecular formula is C21H28N2O2. The molecule has 0 saturated heterocycles. The van der Waals surface area contributed by atoms with E-state index in [2.05, 4.69) is 36.6 Å². The molecule has 2 aromatic rings. The molecule has 25 heavy (non-hydrogen) atoms. The lowest BCUT2D eigenvalue weighted by Crippen LogP contribution is -2.34. The number of para-hydroxylation sites is 1. The zero-order valence-electron chi connectivity index (χ0n) is 15.3. The highest BCUT2D eigenvalue weighted by molar-refractivity contribution is 5.89. The molecule has 0 spiro atoms. The monoisotopic (exact) mass is 340 g/mol. The molecule has 0 aliphatic carbocycles. The first-order valence-corrected chi connectivity index (χ1v) is 8.66. The van der Waals surface area contributed by atoms with Crippen molar-refractivity contribution in [3.05, 3.63) is 65.7 Å². The molecule has 4 heteroatoms. The largest absolute Gasteiger partial charge is 0.396 e. The molecule has 2 rings (SSSR count). The van der Waals surface area contributed by atoms with E-state index in [1.54, 1.807) is 0 Å². The summed E-state index contributed by atoms with van der Waals surface area (Å²) in [5.41, 5.74) is 2.86. The Morgan fingerprint density at radius 1 is 1.08 bits per heavy atom. The van der Waals surface area contributed by atoms with Crippen LogP contribution in [-0.4, -0.2) is 24.2 Å². The molecule has 0 radical (unpaired) electrons. The Bertz CT molecular complexity index is 683. The molecule has 0 fully saturated rings. The van der Waals surface area contributed by atoms with Gasteiger partial charge in [0, 0.05) is 38.2 Å². The van der Waals surface area contributed by atoms with Crippen molar-refractivity contribution in [2.75, 3.05) is 18.5 Å². The predicted molar refractivity (Wildman–Crippen MR) is 103 cm³/mol. The average Bonchev–Trinajstić information content (AvgIpc) is 2.60. The number of amides is 1. The Kier molecular flexibility index (Phi) is 6.73. The Labute approximate surface area is 150 Å². The predicted octanol–water partition coefficient (Wildman–Crippen LogP) is 3.54. The summed E-state index contributed by atoms with van der Waals surface area (Å²) in [7, 11) is 0. The summed E-state index contributed by atoms with van der Waals surface area (Å²) in [6, 6.07) is 18.1. The van der Waals surface area contributed by atoms with E-state index in [0.29, 0.717) is 6.54 Å². The summed E-state index contributed by atoms with van der Waals surface area (Å²) in [4.78, 5) is 11.3. The fourth-order valence-electron chi connectivity index (χ4n) is 2.98. The highest BCUT2D eigenvalue weighted by atomic mass is 16.3. The van der Waals surface area contributed by atoms with Crippen molar-refractivity contribution < 1.29 is 9.90 Å². The van der Waals surface area contributed by atoms with Crippen LogP contribution in [0.25, 0.3) is 0 Å². The van der Waals surface area contributed by atoms with Crippen LogP contribution in [0.2, 0.25) is 0 Å². The number of hydrogen-bond acceptors (Lipinski definition) is 3. The molecule has 3 N–H and O–H groups in total. The highest BCUT2D eigenvalue weighted by Gasteiger charge is 2.29. The number of aliphatic hydroxyl groups excluding tert-OH is 1. The summed E-state index contributed by atoms with van der Waals surface area (Å²) in [6.07, 6.45) is 0. The number of nitrogens with one attached hydrogen (secondary N) is 2. The third kappa shape index (κ3) is 5.41. The second kappa shape index (κ2) is 8.79. The van der Waals surface area contributed by atoms with Crippen LogP contribution in [0.5, 0.6) is 0 Å². The molecule has 4 nitrogen and oxygen atoms in total. The minimum absolute atomic E-state index is 0.0731. The van der Waals surface area contributed by atoms with Crippen LogP contribution in [0.3, 0.4) is 0 Å². The van der Waals surface area contributed by atoms with E-state index in [1.165, 1.54) is 12.5 Å². The number of carbonyl (C=O) groups excluding carboxylic acids is 1. The van der Waals surface area contributed by atoms with Crippen LogP contribution in [0, 0.1) is 5.41 Å². The Morgan fingerprint density at radius 3 is 2.36 bits per heavy atom. The Balaban J connectivity index is 2.08. The Morgan fingerprint density at radius 2 is 1.72 bits per heavy atom. The maximum absolute atomic E-state index is 11.3. The van der Waals surface area contributed by atoms with Crippen LogP contribution in [0.1, 0.15) is 37.8 Å². The molecule has 1 amide bonds. The highest BCUT2D eigenvalue weighted by Crippen LogP contribution is 2.34. The maximum atomic E-state index is 11.3. The SMILES string of the molecule is CC(=O)Nc1ccccc1CNCC(c1ccccc1)C(C)(C)CO. The first-order valence-electron chi connectivity index (χ1n) is 8.66. The van der Waals surface area contributed by atoms with Crippen molar-refractivity contribution >= 4 is 11.6 Å². The molecule has 0 aliphatic rings. The van der Waals surface area contributed by atoms with E-state index in [1.807, 2.05) is 42.5 Å². The number of aliphatic hydroxyl groups is 1. The fraction of sp³-hybridized carbons (Fsp3) is 0.381. The average molecular weight is 340 g/mol. The molecule has 1 unspecified atom stereocenters. The van der Waals surface area contributed by atoms with E-state index >= 15 is 0 Å². The van der Waals surface area contributed by atoms with E-state index in [0.717, 1.165) is 17.8 Å². The first kappa shape index (κ1) is 19.2. The minimum atomic E-state index is -0.231. The number of hydrogen-bond donors (Lipinski definition) is 3. The minimum Gasteiger partial charge on any atom is -0.396 e. The van der Waals surface area contributed by atoms with Gasteiger partial charge in [-0.2, -0.15) is 0 Å². The number of benzene rings is 2. The van der Waals surface area contributed by atoms with Gasteiger partial charge in [-0.1, -0.05) is 62.4 Å². The first-order chi connectivity index (χ1) is 11.9. The van der Waals surface area contributed by atoms with Crippen molar-refractivity contribution in [3.63, 3.8) is 0 Å². The molecule has 0 heterocycles. The number of carbonyl (C=O) groups is 1. The standard InChI is InChI=1S/C21H28N2O2/c1-16(25)23-20-12-8-7-11-18(20)13-22-14-19(21(2,3)15-24)17-9-5-4-6-10-17/h4-12,19,22,24H,13-15H2,1-3H3,(H,23,25). The second-order valence-electron chi connectivity index (χ2n) is 7.08. The molecule has 1 atom stereocenters. The zero-order chi connectivity index (χ0) is 18.3. The third-order valence-corrected chi connectivity index (χ3v) is 4.54. The number of anilines is 1. The summed E-state index contributed by atoms with van der Waals surface area (Å²) in [5, 5.41) is 16.2. The van der Waals surface area contributed by atoms with Gasteiger partial charge >= 0.3 is 0 Å².